The molecule has 0 aromatic heterocycles. The molecule has 2 bridgehead atoms. The zero-order valence-electron chi connectivity index (χ0n) is 11.7. The first kappa shape index (κ1) is 13.3. The molecule has 0 aliphatic carbocycles. The van der Waals surface area contributed by atoms with Crippen molar-refractivity contribution in [3.63, 3.8) is 0 Å². The fourth-order valence-corrected chi connectivity index (χ4v) is 3.29. The van der Waals surface area contributed by atoms with E-state index >= 15 is 0 Å². The minimum atomic E-state index is 0.360. The van der Waals surface area contributed by atoms with Gasteiger partial charge in [-0.1, -0.05) is 13.8 Å². The Hall–Kier alpha value is -0.120. The summed E-state index contributed by atoms with van der Waals surface area (Å²) in [5.41, 5.74) is 6.13. The smallest absolute Gasteiger partial charge is 0.0249 e. The third kappa shape index (κ3) is 3.21. The molecule has 100 valence electrons. The first-order chi connectivity index (χ1) is 8.08. The number of hydrogen-bond acceptors (Lipinski definition) is 3. The number of fused-ring (bicyclic) bond motifs is 3. The van der Waals surface area contributed by atoms with Gasteiger partial charge in [-0.15, -0.1) is 0 Å². The van der Waals surface area contributed by atoms with Crippen molar-refractivity contribution < 1.29 is 0 Å². The fraction of sp³-hybridized carbons (Fsp3) is 1.00. The van der Waals surface area contributed by atoms with E-state index in [2.05, 4.69) is 30.7 Å². The standard InChI is InChI=1S/C14H29N3/c1-11(2)13(15)6-7-16(3)14-10-17-8-4-12(14)5-9-17/h11-14H,4-10,15H2,1-3H3. The van der Waals surface area contributed by atoms with Crippen LogP contribution in [0.15, 0.2) is 0 Å². The summed E-state index contributed by atoms with van der Waals surface area (Å²) in [5.74, 6) is 1.55. The van der Waals surface area contributed by atoms with E-state index in [0.717, 1.165) is 24.9 Å². The molecule has 0 aromatic carbocycles. The number of rotatable bonds is 5. The van der Waals surface area contributed by atoms with Gasteiger partial charge in [-0.2, -0.15) is 0 Å². The van der Waals surface area contributed by atoms with E-state index in [1.54, 1.807) is 0 Å². The first-order valence-corrected chi connectivity index (χ1v) is 7.26. The van der Waals surface area contributed by atoms with Crippen LogP contribution < -0.4 is 5.73 Å². The summed E-state index contributed by atoms with van der Waals surface area (Å²) in [6, 6.07) is 1.15. The Morgan fingerprint density at radius 1 is 1.29 bits per heavy atom. The first-order valence-electron chi connectivity index (χ1n) is 7.26. The number of likely N-dealkylation sites (N-methyl/N-ethyl adjacent to an activating group) is 1. The van der Waals surface area contributed by atoms with E-state index in [-0.39, 0.29) is 0 Å². The molecule has 0 aromatic rings. The van der Waals surface area contributed by atoms with Crippen molar-refractivity contribution in [2.75, 3.05) is 33.2 Å². The zero-order chi connectivity index (χ0) is 12.4. The Morgan fingerprint density at radius 2 is 1.94 bits per heavy atom. The normalized spacial score (nSPS) is 34.6. The SMILES string of the molecule is CC(C)C(N)CCN(C)C1CN2CCC1CC2. The van der Waals surface area contributed by atoms with Crippen LogP contribution in [-0.4, -0.2) is 55.1 Å². The second-order valence-electron chi connectivity index (χ2n) is 6.38. The highest BCUT2D eigenvalue weighted by molar-refractivity contribution is 4.91. The molecule has 0 amide bonds. The van der Waals surface area contributed by atoms with Crippen molar-refractivity contribution in [1.82, 2.24) is 9.80 Å². The monoisotopic (exact) mass is 239 g/mol. The van der Waals surface area contributed by atoms with Crippen LogP contribution in [0.5, 0.6) is 0 Å². The quantitative estimate of drug-likeness (QED) is 0.787. The number of nitrogens with two attached hydrogens (primary N) is 1. The van der Waals surface area contributed by atoms with Crippen molar-refractivity contribution in [2.45, 2.75) is 45.2 Å². The third-order valence-electron chi connectivity index (χ3n) is 4.86. The number of nitrogens with zero attached hydrogens (tertiary/aromatic N) is 2. The maximum atomic E-state index is 6.13. The second kappa shape index (κ2) is 5.68. The van der Waals surface area contributed by atoms with Crippen LogP contribution >= 0.6 is 0 Å². The van der Waals surface area contributed by atoms with Crippen molar-refractivity contribution in [3.05, 3.63) is 0 Å². The predicted molar refractivity (Wildman–Crippen MR) is 73.0 cm³/mol. The van der Waals surface area contributed by atoms with Gasteiger partial charge in [-0.3, -0.25) is 0 Å². The van der Waals surface area contributed by atoms with Crippen LogP contribution in [0, 0.1) is 11.8 Å². The van der Waals surface area contributed by atoms with Crippen molar-refractivity contribution in [2.24, 2.45) is 17.6 Å². The molecule has 2 N–H and O–H groups in total. The second-order valence-corrected chi connectivity index (χ2v) is 6.38. The largest absolute Gasteiger partial charge is 0.327 e. The average Bonchev–Trinajstić information content (AvgIpc) is 2.36. The van der Waals surface area contributed by atoms with E-state index in [9.17, 15) is 0 Å². The lowest BCUT2D eigenvalue weighted by atomic mass is 9.83. The van der Waals surface area contributed by atoms with Crippen LogP contribution in [0.1, 0.15) is 33.1 Å². The fourth-order valence-electron chi connectivity index (χ4n) is 3.29. The summed E-state index contributed by atoms with van der Waals surface area (Å²) >= 11 is 0. The number of hydrogen-bond donors (Lipinski definition) is 1. The van der Waals surface area contributed by atoms with Gasteiger partial charge < -0.3 is 15.5 Å². The predicted octanol–water partition coefficient (Wildman–Crippen LogP) is 1.39. The zero-order valence-corrected chi connectivity index (χ0v) is 11.7. The molecule has 3 aliphatic heterocycles. The molecule has 0 radical (unpaired) electrons. The summed E-state index contributed by atoms with van der Waals surface area (Å²) in [6.45, 7) is 9.56. The maximum absolute atomic E-state index is 6.13. The molecule has 3 heteroatoms. The van der Waals surface area contributed by atoms with E-state index in [0.29, 0.717) is 12.0 Å². The molecular formula is C14H29N3. The van der Waals surface area contributed by atoms with Gasteiger partial charge in [0.15, 0.2) is 0 Å². The van der Waals surface area contributed by atoms with E-state index in [4.69, 9.17) is 5.73 Å². The summed E-state index contributed by atoms with van der Waals surface area (Å²) in [7, 11) is 2.29. The number of piperidine rings is 3. The Bertz CT molecular complexity index is 234. The van der Waals surface area contributed by atoms with Gasteiger partial charge in [0, 0.05) is 18.6 Å². The maximum Gasteiger partial charge on any atom is 0.0249 e. The van der Waals surface area contributed by atoms with Gasteiger partial charge in [0.1, 0.15) is 0 Å². The molecule has 3 rings (SSSR count). The van der Waals surface area contributed by atoms with Crippen LogP contribution in [0.3, 0.4) is 0 Å². The van der Waals surface area contributed by atoms with Crippen molar-refractivity contribution >= 4 is 0 Å². The van der Waals surface area contributed by atoms with Gasteiger partial charge in [0.25, 0.3) is 0 Å². The van der Waals surface area contributed by atoms with Crippen LogP contribution in [-0.2, 0) is 0 Å². The average molecular weight is 239 g/mol. The molecular weight excluding hydrogens is 210 g/mol. The van der Waals surface area contributed by atoms with Crippen LogP contribution in [0.4, 0.5) is 0 Å². The van der Waals surface area contributed by atoms with Crippen molar-refractivity contribution in [1.29, 1.82) is 0 Å². The highest BCUT2D eigenvalue weighted by Crippen LogP contribution is 2.30. The minimum Gasteiger partial charge on any atom is -0.327 e. The Balaban J connectivity index is 1.78. The highest BCUT2D eigenvalue weighted by atomic mass is 15.2. The molecule has 0 spiro atoms. The molecule has 3 saturated heterocycles. The highest BCUT2D eigenvalue weighted by Gasteiger charge is 2.35. The van der Waals surface area contributed by atoms with Gasteiger partial charge >= 0.3 is 0 Å². The molecule has 3 fully saturated rings. The molecule has 3 heterocycles. The molecule has 3 aliphatic rings. The summed E-state index contributed by atoms with van der Waals surface area (Å²) in [6.07, 6.45) is 3.95. The van der Waals surface area contributed by atoms with Gasteiger partial charge in [0.05, 0.1) is 0 Å². The summed E-state index contributed by atoms with van der Waals surface area (Å²) in [5, 5.41) is 0. The lowest BCUT2D eigenvalue weighted by molar-refractivity contribution is 0.0154. The molecule has 2 unspecified atom stereocenters. The molecule has 0 saturated carbocycles. The molecule has 3 nitrogen and oxygen atoms in total. The van der Waals surface area contributed by atoms with E-state index < -0.39 is 0 Å². The molecule has 2 atom stereocenters. The lowest BCUT2D eigenvalue weighted by Gasteiger charge is -2.48. The third-order valence-corrected chi connectivity index (χ3v) is 4.86. The van der Waals surface area contributed by atoms with Gasteiger partial charge in [-0.25, -0.2) is 0 Å². The minimum absolute atomic E-state index is 0.360. The van der Waals surface area contributed by atoms with E-state index in [1.807, 2.05) is 0 Å². The van der Waals surface area contributed by atoms with Crippen molar-refractivity contribution in [3.8, 4) is 0 Å². The van der Waals surface area contributed by atoms with Crippen LogP contribution in [0.2, 0.25) is 0 Å². The summed E-state index contributed by atoms with van der Waals surface area (Å²) in [4.78, 5) is 5.20. The van der Waals surface area contributed by atoms with Gasteiger partial charge in [-0.05, 0) is 57.8 Å². The topological polar surface area (TPSA) is 32.5 Å². The lowest BCUT2D eigenvalue weighted by Crippen LogP contribution is -2.56. The molecule has 17 heavy (non-hydrogen) atoms. The van der Waals surface area contributed by atoms with Gasteiger partial charge in [0.2, 0.25) is 0 Å². The van der Waals surface area contributed by atoms with Crippen LogP contribution in [0.25, 0.3) is 0 Å². The Kier molecular flexibility index (Phi) is 4.45. The summed E-state index contributed by atoms with van der Waals surface area (Å²) < 4.78 is 0. The Morgan fingerprint density at radius 3 is 2.41 bits per heavy atom. The van der Waals surface area contributed by atoms with E-state index in [1.165, 1.54) is 32.5 Å². The Labute approximate surface area is 106 Å².